The normalized spacial score (nSPS) is 16.1. The molecule has 2 N–H and O–H groups in total. The van der Waals surface area contributed by atoms with Gasteiger partial charge in [-0.1, -0.05) is 23.7 Å². The maximum atomic E-state index is 12.7. The van der Waals surface area contributed by atoms with E-state index in [1.54, 1.807) is 0 Å². The number of carbonyl (C=O) groups is 1. The van der Waals surface area contributed by atoms with Crippen LogP contribution >= 0.6 is 11.6 Å². The molecule has 0 amide bonds. The SMILES string of the molecule is O=NOCCc1cc(/C=C/C(=O)O)c2c(c1)CC(NS(=O)(=O)c1ccc(Cl)cc1)CC2. The number of fused-ring (bicyclic) bond motifs is 1. The summed E-state index contributed by atoms with van der Waals surface area (Å²) >= 11 is 5.84. The molecule has 10 heteroatoms. The molecule has 0 radical (unpaired) electrons. The summed E-state index contributed by atoms with van der Waals surface area (Å²) in [6, 6.07) is 9.43. The van der Waals surface area contributed by atoms with Crippen molar-refractivity contribution in [2.75, 3.05) is 6.61 Å². The lowest BCUT2D eigenvalue weighted by Gasteiger charge is -2.27. The molecule has 1 atom stereocenters. The van der Waals surface area contributed by atoms with Gasteiger partial charge in [-0.3, -0.25) is 0 Å². The highest BCUT2D eigenvalue weighted by atomic mass is 35.5. The molecule has 3 rings (SSSR count). The van der Waals surface area contributed by atoms with Crippen molar-refractivity contribution in [1.29, 1.82) is 0 Å². The summed E-state index contributed by atoms with van der Waals surface area (Å²) in [5, 5.41) is 11.8. The molecule has 0 fully saturated rings. The van der Waals surface area contributed by atoms with Crippen LogP contribution in [0.2, 0.25) is 5.02 Å². The highest BCUT2D eigenvalue weighted by molar-refractivity contribution is 7.89. The Labute approximate surface area is 184 Å². The van der Waals surface area contributed by atoms with E-state index in [1.165, 1.54) is 30.3 Å². The van der Waals surface area contributed by atoms with Crippen molar-refractivity contribution in [1.82, 2.24) is 4.72 Å². The molecule has 1 aliphatic carbocycles. The molecule has 2 aromatic rings. The molecule has 0 heterocycles. The highest BCUT2D eigenvalue weighted by Crippen LogP contribution is 2.29. The Morgan fingerprint density at radius 3 is 2.71 bits per heavy atom. The molecule has 0 bridgehead atoms. The average molecular weight is 465 g/mol. The van der Waals surface area contributed by atoms with Crippen LogP contribution in [0.1, 0.15) is 28.7 Å². The predicted molar refractivity (Wildman–Crippen MR) is 116 cm³/mol. The zero-order valence-corrected chi connectivity index (χ0v) is 18.0. The van der Waals surface area contributed by atoms with Gasteiger partial charge in [0.05, 0.1) is 4.90 Å². The summed E-state index contributed by atoms with van der Waals surface area (Å²) < 4.78 is 28.2. The molecule has 2 aromatic carbocycles. The van der Waals surface area contributed by atoms with Gasteiger partial charge in [0.15, 0.2) is 5.34 Å². The number of halogens is 1. The van der Waals surface area contributed by atoms with Gasteiger partial charge in [-0.2, -0.15) is 0 Å². The van der Waals surface area contributed by atoms with Crippen LogP contribution in [-0.4, -0.2) is 32.1 Å². The first-order valence-corrected chi connectivity index (χ1v) is 11.4. The van der Waals surface area contributed by atoms with Crippen LogP contribution in [0, 0.1) is 4.91 Å². The largest absolute Gasteiger partial charge is 0.478 e. The van der Waals surface area contributed by atoms with Crippen LogP contribution in [0.25, 0.3) is 6.08 Å². The Kier molecular flexibility index (Phi) is 7.42. The smallest absolute Gasteiger partial charge is 0.328 e. The van der Waals surface area contributed by atoms with Crippen LogP contribution in [0.15, 0.2) is 52.7 Å². The van der Waals surface area contributed by atoms with E-state index in [-0.39, 0.29) is 17.5 Å². The van der Waals surface area contributed by atoms with Gasteiger partial charge in [0.25, 0.3) is 0 Å². The zero-order valence-electron chi connectivity index (χ0n) is 16.5. The van der Waals surface area contributed by atoms with Gasteiger partial charge in [0.2, 0.25) is 10.0 Å². The first-order valence-electron chi connectivity index (χ1n) is 9.56. The van der Waals surface area contributed by atoms with E-state index in [0.29, 0.717) is 30.7 Å². The van der Waals surface area contributed by atoms with Gasteiger partial charge < -0.3 is 9.94 Å². The van der Waals surface area contributed by atoms with Gasteiger partial charge in [-0.05, 0) is 71.9 Å². The van der Waals surface area contributed by atoms with Gasteiger partial charge in [-0.25, -0.2) is 17.9 Å². The maximum absolute atomic E-state index is 12.7. The summed E-state index contributed by atoms with van der Waals surface area (Å²) in [4.78, 5) is 25.8. The zero-order chi connectivity index (χ0) is 22.4. The van der Waals surface area contributed by atoms with Crippen molar-refractivity contribution < 1.29 is 23.2 Å². The van der Waals surface area contributed by atoms with Crippen molar-refractivity contribution >= 4 is 33.7 Å². The molecule has 0 aromatic heterocycles. The van der Waals surface area contributed by atoms with E-state index in [0.717, 1.165) is 28.3 Å². The number of nitrogens with zero attached hydrogens (tertiary/aromatic N) is 1. The molecule has 1 aliphatic rings. The van der Waals surface area contributed by atoms with Gasteiger partial charge in [0.1, 0.15) is 6.61 Å². The molecular formula is C21H21ClN2O6S. The third kappa shape index (κ3) is 6.13. The molecule has 1 unspecified atom stereocenters. The molecule has 8 nitrogen and oxygen atoms in total. The maximum Gasteiger partial charge on any atom is 0.328 e. The lowest BCUT2D eigenvalue weighted by atomic mass is 9.84. The second kappa shape index (κ2) is 10.0. The lowest BCUT2D eigenvalue weighted by molar-refractivity contribution is -0.131. The molecule has 0 spiro atoms. The van der Waals surface area contributed by atoms with E-state index in [1.807, 2.05) is 12.1 Å². The molecule has 0 saturated heterocycles. The van der Waals surface area contributed by atoms with Crippen molar-refractivity contribution in [2.24, 2.45) is 5.34 Å². The molecule has 31 heavy (non-hydrogen) atoms. The van der Waals surface area contributed by atoms with E-state index >= 15 is 0 Å². The monoisotopic (exact) mass is 464 g/mol. The lowest BCUT2D eigenvalue weighted by Crippen LogP contribution is -2.39. The number of carboxylic acid groups (broad SMARTS) is 1. The Bertz CT molecular complexity index is 1100. The number of aliphatic carboxylic acids is 1. The fraction of sp³-hybridized carbons (Fsp3) is 0.286. The van der Waals surface area contributed by atoms with Gasteiger partial charge in [-0.15, -0.1) is 4.91 Å². The standard InChI is InChI=1S/C21H21ClN2O6S/c22-17-2-5-19(6-3-17)31(28,29)23-18-4-7-20-15(1-8-21(25)26)11-14(9-10-30-24-27)12-16(20)13-18/h1-3,5-6,8,11-12,18,23H,4,7,9-10,13H2,(H,25,26)/b8-1+. The van der Waals surface area contributed by atoms with Gasteiger partial charge in [0, 0.05) is 23.6 Å². The Morgan fingerprint density at radius 2 is 2.03 bits per heavy atom. The number of carboxylic acids is 1. The second-order valence-corrected chi connectivity index (χ2v) is 9.32. The van der Waals surface area contributed by atoms with Crippen molar-refractivity contribution in [2.45, 2.75) is 36.6 Å². The minimum Gasteiger partial charge on any atom is -0.478 e. The van der Waals surface area contributed by atoms with Crippen LogP contribution in [0.3, 0.4) is 0 Å². The Hall–Kier alpha value is -2.75. The van der Waals surface area contributed by atoms with Crippen molar-refractivity contribution in [3.05, 3.63) is 74.7 Å². The topological polar surface area (TPSA) is 122 Å². The second-order valence-electron chi connectivity index (χ2n) is 7.17. The minimum atomic E-state index is -3.71. The summed E-state index contributed by atoms with van der Waals surface area (Å²) in [7, 11) is -3.71. The quantitative estimate of drug-likeness (QED) is 0.253. The van der Waals surface area contributed by atoms with Crippen LogP contribution < -0.4 is 4.72 Å². The van der Waals surface area contributed by atoms with E-state index < -0.39 is 16.0 Å². The fourth-order valence-corrected chi connectivity index (χ4v) is 5.05. The Balaban J connectivity index is 1.84. The van der Waals surface area contributed by atoms with E-state index in [4.69, 9.17) is 16.7 Å². The van der Waals surface area contributed by atoms with E-state index in [2.05, 4.69) is 14.9 Å². The first-order chi connectivity index (χ1) is 14.8. The molecule has 164 valence electrons. The number of hydrogen-bond donors (Lipinski definition) is 2. The van der Waals surface area contributed by atoms with Gasteiger partial charge >= 0.3 is 5.97 Å². The average Bonchev–Trinajstić information content (AvgIpc) is 2.72. The molecule has 0 saturated carbocycles. The number of nitrogens with one attached hydrogen (secondary N) is 1. The highest BCUT2D eigenvalue weighted by Gasteiger charge is 2.26. The minimum absolute atomic E-state index is 0.0942. The molecule has 0 aliphatic heterocycles. The van der Waals surface area contributed by atoms with Crippen LogP contribution in [0.5, 0.6) is 0 Å². The van der Waals surface area contributed by atoms with E-state index in [9.17, 15) is 18.1 Å². The number of sulfonamides is 1. The number of benzene rings is 2. The first kappa shape index (κ1) is 22.9. The summed E-state index contributed by atoms with van der Waals surface area (Å²) in [5.74, 6) is -1.06. The third-order valence-corrected chi connectivity index (χ3v) is 6.82. The number of hydrogen-bond acceptors (Lipinski definition) is 6. The summed E-state index contributed by atoms with van der Waals surface area (Å²) in [6.45, 7) is 0.0942. The predicted octanol–water partition coefficient (Wildman–Crippen LogP) is 3.51. The summed E-state index contributed by atoms with van der Waals surface area (Å²) in [5.41, 5.74) is 3.51. The fourth-order valence-electron chi connectivity index (χ4n) is 3.65. The number of rotatable bonds is 9. The molecular weight excluding hydrogens is 444 g/mol. The Morgan fingerprint density at radius 1 is 1.29 bits per heavy atom. The summed E-state index contributed by atoms with van der Waals surface area (Å²) in [6.07, 6.45) is 4.63. The third-order valence-electron chi connectivity index (χ3n) is 5.03. The van der Waals surface area contributed by atoms with Crippen LogP contribution in [-0.2, 0) is 38.9 Å². The van der Waals surface area contributed by atoms with Crippen molar-refractivity contribution in [3.63, 3.8) is 0 Å². The van der Waals surface area contributed by atoms with Crippen LogP contribution in [0.4, 0.5) is 0 Å². The van der Waals surface area contributed by atoms with Crippen molar-refractivity contribution in [3.8, 4) is 0 Å².